The fourth-order valence-corrected chi connectivity index (χ4v) is 4.34. The average molecular weight is 477 g/mol. The minimum Gasteiger partial charge on any atom is -0.466 e. The van der Waals surface area contributed by atoms with Gasteiger partial charge in [0.1, 0.15) is 5.65 Å². The molecule has 0 unspecified atom stereocenters. The number of halogens is 2. The van der Waals surface area contributed by atoms with Gasteiger partial charge < -0.3 is 10.1 Å². The smallest absolute Gasteiger partial charge is 0.308 e. The summed E-state index contributed by atoms with van der Waals surface area (Å²) in [6, 6.07) is 9.24. The topological polar surface area (TPSA) is 86.1 Å². The third-order valence-corrected chi connectivity index (χ3v) is 6.12. The second-order valence-corrected chi connectivity index (χ2v) is 8.23. The van der Waals surface area contributed by atoms with Gasteiger partial charge in [0.15, 0.2) is 0 Å². The van der Waals surface area contributed by atoms with Gasteiger partial charge in [-0.3, -0.25) is 14.2 Å². The Hall–Kier alpha value is -2.64. The van der Waals surface area contributed by atoms with Crippen molar-refractivity contribution in [1.82, 2.24) is 14.5 Å². The molecule has 9 heteroatoms. The first-order chi connectivity index (χ1) is 15.0. The molecule has 1 fully saturated rings. The molecule has 1 aliphatic carbocycles. The molecule has 1 aromatic carbocycles. The molecular weight excluding hydrogens is 451 g/mol. The number of hydrogen-bond donors (Lipinski definition) is 1. The van der Waals surface area contributed by atoms with Gasteiger partial charge in [0.05, 0.1) is 12.5 Å². The third kappa shape index (κ3) is 4.89. The maximum Gasteiger partial charge on any atom is 0.308 e. The summed E-state index contributed by atoms with van der Waals surface area (Å²) in [6.45, 7) is 2.24. The van der Waals surface area contributed by atoms with Gasteiger partial charge in [0, 0.05) is 40.8 Å². The summed E-state index contributed by atoms with van der Waals surface area (Å²) in [7, 11) is 1.70. The summed E-state index contributed by atoms with van der Waals surface area (Å²) in [5, 5.41) is 4.64. The van der Waals surface area contributed by atoms with Gasteiger partial charge in [-0.15, -0.1) is 12.4 Å². The number of anilines is 1. The second kappa shape index (κ2) is 10.3. The summed E-state index contributed by atoms with van der Waals surface area (Å²) >= 11 is 6.30. The van der Waals surface area contributed by atoms with Crippen molar-refractivity contribution < 1.29 is 9.53 Å². The van der Waals surface area contributed by atoms with Crippen LogP contribution in [-0.4, -0.2) is 33.2 Å². The first kappa shape index (κ1) is 24.0. The average Bonchev–Trinajstić information content (AvgIpc) is 2.78. The lowest BCUT2D eigenvalue weighted by molar-refractivity contribution is -0.149. The number of carbonyl (C=O) groups is 1. The van der Waals surface area contributed by atoms with Crippen molar-refractivity contribution in [2.75, 3.05) is 11.9 Å². The van der Waals surface area contributed by atoms with Crippen LogP contribution in [0.25, 0.3) is 22.2 Å². The Balaban J connectivity index is 0.00000289. The van der Waals surface area contributed by atoms with Gasteiger partial charge >= 0.3 is 5.97 Å². The molecule has 0 atom stereocenters. The standard InChI is InChI=1S/C23H25ClN4O3.ClH/c1-3-31-22(30)14-8-10-16(11-9-14)26-23-25-13-15-12-18(17-6-4-5-7-19(17)24)21(29)28(2)20(15)27-23;/h4-7,12-14,16H,3,8-11H2,1-2H3,(H,25,26,27);1H. The Bertz CT molecular complexity index is 1170. The Morgan fingerprint density at radius 3 is 2.62 bits per heavy atom. The van der Waals surface area contributed by atoms with Gasteiger partial charge in [-0.1, -0.05) is 29.8 Å². The number of rotatable bonds is 5. The lowest BCUT2D eigenvalue weighted by atomic mass is 9.86. The van der Waals surface area contributed by atoms with Crippen LogP contribution < -0.4 is 10.9 Å². The number of nitrogens with one attached hydrogen (secondary N) is 1. The molecule has 1 saturated carbocycles. The highest BCUT2D eigenvalue weighted by Crippen LogP contribution is 2.29. The summed E-state index contributed by atoms with van der Waals surface area (Å²) in [4.78, 5) is 33.9. The summed E-state index contributed by atoms with van der Waals surface area (Å²) in [5.41, 5.74) is 1.59. The molecule has 1 aliphatic rings. The van der Waals surface area contributed by atoms with Crippen molar-refractivity contribution in [2.45, 2.75) is 38.6 Å². The Kier molecular flexibility index (Phi) is 7.74. The molecule has 0 aliphatic heterocycles. The van der Waals surface area contributed by atoms with E-state index >= 15 is 0 Å². The maximum absolute atomic E-state index is 13.0. The minimum absolute atomic E-state index is 0. The molecule has 0 radical (unpaired) electrons. The van der Waals surface area contributed by atoms with Gasteiger partial charge in [-0.25, -0.2) is 4.98 Å². The number of carbonyl (C=O) groups excluding carboxylic acids is 1. The van der Waals surface area contributed by atoms with Crippen LogP contribution in [0, 0.1) is 5.92 Å². The highest BCUT2D eigenvalue weighted by molar-refractivity contribution is 6.33. The number of pyridine rings is 1. The summed E-state index contributed by atoms with van der Waals surface area (Å²) in [5.74, 6) is 0.347. The van der Waals surface area contributed by atoms with E-state index in [9.17, 15) is 9.59 Å². The van der Waals surface area contributed by atoms with Crippen LogP contribution in [0.15, 0.2) is 41.3 Å². The van der Waals surface area contributed by atoms with Crippen LogP contribution in [0.4, 0.5) is 5.95 Å². The SMILES string of the molecule is CCOC(=O)C1CCC(Nc2ncc3cc(-c4ccccc4Cl)c(=O)n(C)c3n2)CC1.Cl. The van der Waals surface area contributed by atoms with Gasteiger partial charge in [0.2, 0.25) is 5.95 Å². The van der Waals surface area contributed by atoms with Crippen molar-refractivity contribution in [3.05, 3.63) is 51.9 Å². The van der Waals surface area contributed by atoms with E-state index in [1.165, 1.54) is 4.57 Å². The molecule has 7 nitrogen and oxygen atoms in total. The molecule has 32 heavy (non-hydrogen) atoms. The second-order valence-electron chi connectivity index (χ2n) is 7.82. The molecular formula is C23H26Cl2N4O3. The number of fused-ring (bicyclic) bond motifs is 1. The van der Waals surface area contributed by atoms with Crippen molar-refractivity contribution in [3.63, 3.8) is 0 Å². The monoisotopic (exact) mass is 476 g/mol. The Labute approximate surface area is 197 Å². The molecule has 0 saturated heterocycles. The molecule has 0 spiro atoms. The zero-order valence-corrected chi connectivity index (χ0v) is 19.6. The number of aromatic nitrogens is 3. The fraction of sp³-hybridized carbons (Fsp3) is 0.391. The van der Waals surface area contributed by atoms with Crippen LogP contribution in [0.3, 0.4) is 0 Å². The lowest BCUT2D eigenvalue weighted by Crippen LogP contribution is -2.31. The zero-order valence-electron chi connectivity index (χ0n) is 18.0. The van der Waals surface area contributed by atoms with Crippen LogP contribution in [-0.2, 0) is 16.6 Å². The van der Waals surface area contributed by atoms with Crippen LogP contribution in [0.2, 0.25) is 5.02 Å². The molecule has 1 N–H and O–H groups in total. The molecule has 0 amide bonds. The van der Waals surface area contributed by atoms with E-state index in [-0.39, 0.29) is 35.9 Å². The van der Waals surface area contributed by atoms with E-state index in [2.05, 4.69) is 15.3 Å². The lowest BCUT2D eigenvalue weighted by Gasteiger charge is -2.27. The minimum atomic E-state index is -0.166. The summed E-state index contributed by atoms with van der Waals surface area (Å²) < 4.78 is 6.66. The van der Waals surface area contributed by atoms with Crippen molar-refractivity contribution >= 4 is 47.0 Å². The predicted molar refractivity (Wildman–Crippen MR) is 128 cm³/mol. The van der Waals surface area contributed by atoms with Crippen molar-refractivity contribution in [3.8, 4) is 11.1 Å². The first-order valence-electron chi connectivity index (χ1n) is 10.5. The molecule has 170 valence electrons. The largest absolute Gasteiger partial charge is 0.466 e. The van der Waals surface area contributed by atoms with E-state index in [0.717, 1.165) is 31.1 Å². The van der Waals surface area contributed by atoms with Crippen LogP contribution >= 0.6 is 24.0 Å². The van der Waals surface area contributed by atoms with Crippen LogP contribution in [0.1, 0.15) is 32.6 Å². The third-order valence-electron chi connectivity index (χ3n) is 5.79. The van der Waals surface area contributed by atoms with E-state index in [1.807, 2.05) is 25.1 Å². The highest BCUT2D eigenvalue weighted by atomic mass is 35.5. The Morgan fingerprint density at radius 2 is 1.94 bits per heavy atom. The van der Waals surface area contributed by atoms with Crippen LogP contribution in [0.5, 0.6) is 0 Å². The highest BCUT2D eigenvalue weighted by Gasteiger charge is 2.27. The van der Waals surface area contributed by atoms with Gasteiger partial charge in [-0.05, 0) is 44.7 Å². The van der Waals surface area contributed by atoms with Gasteiger partial charge in [0.25, 0.3) is 5.56 Å². The molecule has 0 bridgehead atoms. The first-order valence-corrected chi connectivity index (χ1v) is 10.9. The van der Waals surface area contributed by atoms with Crippen molar-refractivity contribution in [1.29, 1.82) is 0 Å². The quantitative estimate of drug-likeness (QED) is 0.541. The number of hydrogen-bond acceptors (Lipinski definition) is 6. The maximum atomic E-state index is 13.0. The molecule has 3 aromatic rings. The number of ether oxygens (including phenoxy) is 1. The number of nitrogens with zero attached hydrogens (tertiary/aromatic N) is 3. The zero-order chi connectivity index (χ0) is 22.0. The van der Waals surface area contributed by atoms with Crippen molar-refractivity contribution in [2.24, 2.45) is 13.0 Å². The molecule has 4 rings (SSSR count). The number of aryl methyl sites for hydroxylation is 1. The van der Waals surface area contributed by atoms with E-state index in [4.69, 9.17) is 16.3 Å². The predicted octanol–water partition coefficient (Wildman–Crippen LogP) is 4.60. The fourth-order valence-electron chi connectivity index (χ4n) is 4.10. The normalized spacial score (nSPS) is 18.1. The summed E-state index contributed by atoms with van der Waals surface area (Å²) in [6.07, 6.45) is 4.97. The van der Waals surface area contributed by atoms with E-state index in [1.54, 1.807) is 25.4 Å². The van der Waals surface area contributed by atoms with Gasteiger partial charge in [-0.2, -0.15) is 4.98 Å². The molecule has 2 heterocycles. The Morgan fingerprint density at radius 1 is 1.22 bits per heavy atom. The molecule has 2 aromatic heterocycles. The van der Waals surface area contributed by atoms with E-state index in [0.29, 0.717) is 34.4 Å². The number of benzene rings is 1. The number of esters is 1. The van der Waals surface area contributed by atoms with E-state index < -0.39 is 0 Å².